The molecule has 2 aromatic carbocycles. The van der Waals surface area contributed by atoms with Crippen LogP contribution in [0, 0.1) is 0 Å². The Kier molecular flexibility index (Phi) is 4.45. The highest BCUT2D eigenvalue weighted by atomic mass is 35.5. The number of para-hydroxylation sites is 1. The number of halogens is 2. The molecule has 1 atom stereocenters. The van der Waals surface area contributed by atoms with Crippen LogP contribution in [0.3, 0.4) is 0 Å². The zero-order chi connectivity index (χ0) is 14.8. The van der Waals surface area contributed by atoms with Gasteiger partial charge in [0.25, 0.3) is 0 Å². The highest BCUT2D eigenvalue weighted by Gasteiger charge is 2.17. The second-order valence-electron chi connectivity index (χ2n) is 4.78. The van der Waals surface area contributed by atoms with Crippen molar-refractivity contribution in [3.05, 3.63) is 63.1 Å². The third-order valence-electron chi connectivity index (χ3n) is 3.41. The molecule has 0 fully saturated rings. The summed E-state index contributed by atoms with van der Waals surface area (Å²) in [6.07, 6.45) is 0.760. The van der Waals surface area contributed by atoms with Gasteiger partial charge in [-0.25, -0.2) is 4.98 Å². The summed E-state index contributed by atoms with van der Waals surface area (Å²) in [5.74, 6) is 0. The number of aromatic nitrogens is 1. The fraction of sp³-hybridized carbons (Fsp3) is 0.188. The van der Waals surface area contributed by atoms with Crippen LogP contribution in [-0.2, 0) is 6.42 Å². The summed E-state index contributed by atoms with van der Waals surface area (Å²) in [4.78, 5) is 4.71. The molecule has 0 aliphatic rings. The number of thiazole rings is 1. The summed E-state index contributed by atoms with van der Waals surface area (Å²) in [6.45, 7) is 0. The lowest BCUT2D eigenvalue weighted by Gasteiger charge is -2.14. The Labute approximate surface area is 137 Å². The van der Waals surface area contributed by atoms with E-state index >= 15 is 0 Å². The lowest BCUT2D eigenvalue weighted by Crippen LogP contribution is -2.18. The number of hydrogen-bond acceptors (Lipinski definition) is 3. The van der Waals surface area contributed by atoms with Gasteiger partial charge in [-0.15, -0.1) is 11.3 Å². The molecule has 0 bridgehead atoms. The van der Waals surface area contributed by atoms with Gasteiger partial charge in [0.05, 0.1) is 26.3 Å². The van der Waals surface area contributed by atoms with Gasteiger partial charge in [-0.1, -0.05) is 47.5 Å². The maximum absolute atomic E-state index is 6.28. The molecule has 0 aliphatic heterocycles. The number of nitrogens with one attached hydrogen (secondary N) is 1. The average molecular weight is 337 g/mol. The van der Waals surface area contributed by atoms with E-state index in [9.17, 15) is 0 Å². The van der Waals surface area contributed by atoms with E-state index in [1.807, 2.05) is 37.4 Å². The molecule has 1 aromatic heterocycles. The predicted octanol–water partition coefficient (Wildman–Crippen LogP) is 5.11. The minimum absolute atomic E-state index is 0.123. The van der Waals surface area contributed by atoms with E-state index in [1.165, 1.54) is 4.70 Å². The SMILES string of the molecule is CNC(Cc1cccc(Cl)c1Cl)c1nc2ccccc2s1. The fourth-order valence-corrected chi connectivity index (χ4v) is 3.75. The molecule has 1 N–H and O–H groups in total. The zero-order valence-electron chi connectivity index (χ0n) is 11.4. The summed E-state index contributed by atoms with van der Waals surface area (Å²) in [5.41, 5.74) is 2.07. The molecule has 3 aromatic rings. The molecule has 1 unspecified atom stereocenters. The first-order valence-corrected chi connectivity index (χ1v) is 8.22. The van der Waals surface area contributed by atoms with Crippen molar-refractivity contribution >= 4 is 44.8 Å². The summed E-state index contributed by atoms with van der Waals surface area (Å²) in [6, 6.07) is 14.0. The van der Waals surface area contributed by atoms with Crippen molar-refractivity contribution in [3.8, 4) is 0 Å². The van der Waals surface area contributed by atoms with Crippen LogP contribution in [0.5, 0.6) is 0 Å². The zero-order valence-corrected chi connectivity index (χ0v) is 13.8. The number of fused-ring (bicyclic) bond motifs is 1. The third kappa shape index (κ3) is 3.06. The standard InChI is InChI=1S/C16H14Cl2N2S/c1-19-13(9-10-5-4-6-11(17)15(10)18)16-20-12-7-2-3-8-14(12)21-16/h2-8,13,19H,9H2,1H3. The molecular formula is C16H14Cl2N2S. The largest absolute Gasteiger partial charge is 0.311 e. The first-order valence-electron chi connectivity index (χ1n) is 6.64. The van der Waals surface area contributed by atoms with Crippen LogP contribution in [0.25, 0.3) is 10.2 Å². The molecule has 0 amide bonds. The first-order chi connectivity index (χ1) is 10.2. The third-order valence-corrected chi connectivity index (χ3v) is 5.42. The number of benzene rings is 2. The Hall–Kier alpha value is -1.13. The number of likely N-dealkylation sites (N-methyl/N-ethyl adjacent to an activating group) is 1. The van der Waals surface area contributed by atoms with Crippen LogP contribution in [0.1, 0.15) is 16.6 Å². The second kappa shape index (κ2) is 6.32. The van der Waals surface area contributed by atoms with Crippen molar-refractivity contribution in [1.82, 2.24) is 10.3 Å². The second-order valence-corrected chi connectivity index (χ2v) is 6.63. The van der Waals surface area contributed by atoms with Crippen molar-refractivity contribution in [2.45, 2.75) is 12.5 Å². The number of rotatable bonds is 4. The Bertz CT molecular complexity index is 737. The molecule has 0 spiro atoms. The van der Waals surface area contributed by atoms with Crippen LogP contribution in [0.4, 0.5) is 0 Å². The summed E-state index contributed by atoms with van der Waals surface area (Å²) >= 11 is 14.1. The normalized spacial score (nSPS) is 12.7. The lowest BCUT2D eigenvalue weighted by molar-refractivity contribution is 0.590. The van der Waals surface area contributed by atoms with Crippen molar-refractivity contribution in [2.24, 2.45) is 0 Å². The van der Waals surface area contributed by atoms with Gasteiger partial charge < -0.3 is 5.32 Å². The number of hydrogen-bond donors (Lipinski definition) is 1. The minimum Gasteiger partial charge on any atom is -0.311 e. The Morgan fingerprint density at radius 2 is 1.95 bits per heavy atom. The molecule has 108 valence electrons. The maximum Gasteiger partial charge on any atom is 0.111 e. The van der Waals surface area contributed by atoms with Crippen LogP contribution in [-0.4, -0.2) is 12.0 Å². The number of nitrogens with zero attached hydrogens (tertiary/aromatic N) is 1. The quantitative estimate of drug-likeness (QED) is 0.716. The van der Waals surface area contributed by atoms with E-state index in [0.29, 0.717) is 10.0 Å². The molecule has 2 nitrogen and oxygen atoms in total. The fourth-order valence-electron chi connectivity index (χ4n) is 2.28. The van der Waals surface area contributed by atoms with E-state index in [4.69, 9.17) is 28.2 Å². The monoisotopic (exact) mass is 336 g/mol. The molecule has 3 rings (SSSR count). The Balaban J connectivity index is 1.93. The van der Waals surface area contributed by atoms with E-state index in [-0.39, 0.29) is 6.04 Å². The van der Waals surface area contributed by atoms with Crippen LogP contribution < -0.4 is 5.32 Å². The van der Waals surface area contributed by atoms with Crippen LogP contribution in [0.15, 0.2) is 42.5 Å². The predicted molar refractivity (Wildman–Crippen MR) is 91.6 cm³/mol. The molecule has 1 heterocycles. The molecule has 0 saturated carbocycles. The molecule has 0 radical (unpaired) electrons. The van der Waals surface area contributed by atoms with E-state index in [0.717, 1.165) is 22.5 Å². The minimum atomic E-state index is 0.123. The van der Waals surface area contributed by atoms with Gasteiger partial charge in [0, 0.05) is 0 Å². The molecule has 0 saturated heterocycles. The van der Waals surface area contributed by atoms with Gasteiger partial charge in [-0.3, -0.25) is 0 Å². The van der Waals surface area contributed by atoms with Gasteiger partial charge in [-0.05, 0) is 37.2 Å². The van der Waals surface area contributed by atoms with E-state index in [1.54, 1.807) is 17.4 Å². The molecule has 21 heavy (non-hydrogen) atoms. The first kappa shape index (κ1) is 14.8. The highest BCUT2D eigenvalue weighted by Crippen LogP contribution is 2.32. The van der Waals surface area contributed by atoms with E-state index in [2.05, 4.69) is 11.4 Å². The topological polar surface area (TPSA) is 24.9 Å². The van der Waals surface area contributed by atoms with Crippen molar-refractivity contribution in [1.29, 1.82) is 0 Å². The lowest BCUT2D eigenvalue weighted by atomic mass is 10.1. The van der Waals surface area contributed by atoms with Gasteiger partial charge in [0.1, 0.15) is 5.01 Å². The smallest absolute Gasteiger partial charge is 0.111 e. The molecular weight excluding hydrogens is 323 g/mol. The Morgan fingerprint density at radius 3 is 2.71 bits per heavy atom. The van der Waals surface area contributed by atoms with Crippen molar-refractivity contribution < 1.29 is 0 Å². The average Bonchev–Trinajstić information content (AvgIpc) is 2.92. The van der Waals surface area contributed by atoms with Gasteiger partial charge in [0.15, 0.2) is 0 Å². The van der Waals surface area contributed by atoms with Crippen LogP contribution >= 0.6 is 34.5 Å². The van der Waals surface area contributed by atoms with Gasteiger partial charge in [0.2, 0.25) is 0 Å². The summed E-state index contributed by atoms with van der Waals surface area (Å²) < 4.78 is 1.20. The summed E-state index contributed by atoms with van der Waals surface area (Å²) in [5, 5.41) is 5.60. The van der Waals surface area contributed by atoms with Crippen molar-refractivity contribution in [3.63, 3.8) is 0 Å². The molecule has 5 heteroatoms. The maximum atomic E-state index is 6.28. The molecule has 0 aliphatic carbocycles. The Morgan fingerprint density at radius 1 is 1.14 bits per heavy atom. The summed E-state index contributed by atoms with van der Waals surface area (Å²) in [7, 11) is 1.94. The van der Waals surface area contributed by atoms with Gasteiger partial charge in [-0.2, -0.15) is 0 Å². The van der Waals surface area contributed by atoms with Crippen LogP contribution in [0.2, 0.25) is 10.0 Å². The van der Waals surface area contributed by atoms with Gasteiger partial charge >= 0.3 is 0 Å². The van der Waals surface area contributed by atoms with E-state index < -0.39 is 0 Å². The highest BCUT2D eigenvalue weighted by molar-refractivity contribution is 7.18. The van der Waals surface area contributed by atoms with Crippen molar-refractivity contribution in [2.75, 3.05) is 7.05 Å².